The second-order valence-corrected chi connectivity index (χ2v) is 6.69. The molecule has 1 amide bonds. The minimum atomic E-state index is -0.413. The van der Waals surface area contributed by atoms with Crippen molar-refractivity contribution < 1.29 is 14.3 Å². The molecule has 2 aromatic heterocycles. The maximum absolute atomic E-state index is 13.0. The summed E-state index contributed by atoms with van der Waals surface area (Å²) in [6.45, 7) is 7.12. The third-order valence-electron chi connectivity index (χ3n) is 5.09. The van der Waals surface area contributed by atoms with Crippen LogP contribution < -0.4 is 0 Å². The van der Waals surface area contributed by atoms with Gasteiger partial charge in [0.15, 0.2) is 0 Å². The molecule has 0 aliphatic carbocycles. The zero-order chi connectivity index (χ0) is 18.7. The summed E-state index contributed by atoms with van der Waals surface area (Å²) in [5, 5.41) is 0. The van der Waals surface area contributed by atoms with Crippen LogP contribution in [0.4, 0.5) is 0 Å². The average Bonchev–Trinajstić information content (AvgIpc) is 2.96. The Balaban J connectivity index is 1.72. The quantitative estimate of drug-likeness (QED) is 0.855. The van der Waals surface area contributed by atoms with E-state index in [1.54, 1.807) is 13.8 Å². The minimum Gasteiger partial charge on any atom is -0.461 e. The van der Waals surface area contributed by atoms with E-state index in [0.717, 1.165) is 12.8 Å². The first-order valence-electron chi connectivity index (χ1n) is 9.08. The van der Waals surface area contributed by atoms with Crippen LogP contribution in [0.25, 0.3) is 0 Å². The highest BCUT2D eigenvalue weighted by Gasteiger charge is 2.29. The number of nitrogens with one attached hydrogen (secondary N) is 1. The fourth-order valence-corrected chi connectivity index (χ4v) is 3.69. The monoisotopic (exact) mass is 355 g/mol. The van der Waals surface area contributed by atoms with E-state index in [-0.39, 0.29) is 5.91 Å². The smallest absolute Gasteiger partial charge is 0.355 e. The normalized spacial score (nSPS) is 15.1. The zero-order valence-electron chi connectivity index (χ0n) is 15.5. The first-order chi connectivity index (χ1) is 12.5. The lowest BCUT2D eigenvalue weighted by Gasteiger charge is -2.32. The number of likely N-dealkylation sites (tertiary alicyclic amines) is 1. The van der Waals surface area contributed by atoms with Crippen molar-refractivity contribution in [2.45, 2.75) is 39.5 Å². The Labute approximate surface area is 153 Å². The van der Waals surface area contributed by atoms with E-state index in [1.165, 1.54) is 5.56 Å². The number of nitrogens with zero attached hydrogens (tertiary/aromatic N) is 2. The topological polar surface area (TPSA) is 75.3 Å². The van der Waals surface area contributed by atoms with Crippen LogP contribution in [-0.2, 0) is 4.74 Å². The van der Waals surface area contributed by atoms with Crippen LogP contribution in [-0.4, -0.2) is 46.4 Å². The van der Waals surface area contributed by atoms with E-state index in [0.29, 0.717) is 48.1 Å². The van der Waals surface area contributed by atoms with E-state index < -0.39 is 5.97 Å². The van der Waals surface area contributed by atoms with Gasteiger partial charge in [0.05, 0.1) is 12.2 Å². The van der Waals surface area contributed by atoms with Gasteiger partial charge in [-0.25, -0.2) is 4.79 Å². The van der Waals surface area contributed by atoms with Crippen molar-refractivity contribution >= 4 is 11.9 Å². The average molecular weight is 355 g/mol. The fraction of sp³-hybridized carbons (Fsp3) is 0.450. The molecule has 0 bridgehead atoms. The second-order valence-electron chi connectivity index (χ2n) is 6.69. The van der Waals surface area contributed by atoms with Gasteiger partial charge >= 0.3 is 5.97 Å². The van der Waals surface area contributed by atoms with Crippen LogP contribution in [0, 0.1) is 13.8 Å². The Bertz CT molecular complexity index is 790. The number of esters is 1. The molecule has 26 heavy (non-hydrogen) atoms. The number of ether oxygens (including phenoxy) is 1. The first kappa shape index (κ1) is 18.2. The molecular weight excluding hydrogens is 330 g/mol. The Kier molecular flexibility index (Phi) is 5.40. The lowest BCUT2D eigenvalue weighted by Crippen LogP contribution is -2.38. The summed E-state index contributed by atoms with van der Waals surface area (Å²) >= 11 is 0. The lowest BCUT2D eigenvalue weighted by atomic mass is 9.90. The van der Waals surface area contributed by atoms with Gasteiger partial charge in [-0.2, -0.15) is 0 Å². The molecule has 3 heterocycles. The summed E-state index contributed by atoms with van der Waals surface area (Å²) in [5.41, 5.74) is 3.63. The van der Waals surface area contributed by atoms with Crippen LogP contribution in [0.3, 0.4) is 0 Å². The molecule has 6 heteroatoms. The van der Waals surface area contributed by atoms with Crippen LogP contribution in [0.1, 0.15) is 63.4 Å². The molecule has 6 nitrogen and oxygen atoms in total. The third kappa shape index (κ3) is 3.49. The molecule has 138 valence electrons. The molecule has 0 radical (unpaired) electrons. The van der Waals surface area contributed by atoms with Gasteiger partial charge in [-0.3, -0.25) is 9.78 Å². The Morgan fingerprint density at radius 3 is 2.50 bits per heavy atom. The molecule has 0 spiro atoms. The summed E-state index contributed by atoms with van der Waals surface area (Å²) in [5.74, 6) is 0.0362. The number of carbonyl (C=O) groups excluding carboxylic acids is 2. The summed E-state index contributed by atoms with van der Waals surface area (Å²) < 4.78 is 5.07. The van der Waals surface area contributed by atoms with Crippen LogP contribution in [0.5, 0.6) is 0 Å². The van der Waals surface area contributed by atoms with Crippen molar-refractivity contribution in [2.24, 2.45) is 0 Å². The lowest BCUT2D eigenvalue weighted by molar-refractivity contribution is 0.0519. The zero-order valence-corrected chi connectivity index (χ0v) is 15.5. The maximum Gasteiger partial charge on any atom is 0.355 e. The van der Waals surface area contributed by atoms with Crippen molar-refractivity contribution in [3.63, 3.8) is 0 Å². The van der Waals surface area contributed by atoms with Crippen molar-refractivity contribution in [1.82, 2.24) is 14.9 Å². The Hall–Kier alpha value is -2.63. The highest BCUT2D eigenvalue weighted by molar-refractivity contribution is 6.01. The van der Waals surface area contributed by atoms with Gasteiger partial charge in [-0.1, -0.05) is 0 Å². The maximum atomic E-state index is 13.0. The molecule has 2 aromatic rings. The number of pyridine rings is 1. The van der Waals surface area contributed by atoms with Crippen molar-refractivity contribution in [3.05, 3.63) is 52.6 Å². The molecule has 1 aliphatic heterocycles. The molecule has 1 fully saturated rings. The van der Waals surface area contributed by atoms with Gasteiger partial charge in [-0.15, -0.1) is 0 Å². The van der Waals surface area contributed by atoms with Crippen molar-refractivity contribution in [2.75, 3.05) is 19.7 Å². The van der Waals surface area contributed by atoms with E-state index in [9.17, 15) is 9.59 Å². The Morgan fingerprint density at radius 1 is 1.23 bits per heavy atom. The SMILES string of the molecule is CCOC(=O)c1[nH]c(C)c(C(=O)N2CCC(c3ccncc3)CC2)c1C. The number of aryl methyl sites for hydroxylation is 1. The molecule has 1 N–H and O–H groups in total. The number of piperidine rings is 1. The van der Waals surface area contributed by atoms with Crippen molar-refractivity contribution in [1.29, 1.82) is 0 Å². The summed E-state index contributed by atoms with van der Waals surface area (Å²) in [7, 11) is 0. The largest absolute Gasteiger partial charge is 0.461 e. The number of hydrogen-bond donors (Lipinski definition) is 1. The van der Waals surface area contributed by atoms with Gasteiger partial charge < -0.3 is 14.6 Å². The number of rotatable bonds is 4. The van der Waals surface area contributed by atoms with Gasteiger partial charge in [0.25, 0.3) is 5.91 Å². The number of H-pyrrole nitrogens is 1. The van der Waals surface area contributed by atoms with Gasteiger partial charge in [-0.05, 0) is 62.8 Å². The van der Waals surface area contributed by atoms with E-state index in [2.05, 4.69) is 9.97 Å². The molecule has 0 aromatic carbocycles. The summed E-state index contributed by atoms with van der Waals surface area (Å²) in [4.78, 5) is 34.0. The standard InChI is InChI=1S/C20H25N3O3/c1-4-26-20(25)18-13(2)17(14(3)22-18)19(24)23-11-7-16(8-12-23)15-5-9-21-10-6-15/h5-6,9-10,16,22H,4,7-8,11-12H2,1-3H3. The summed E-state index contributed by atoms with van der Waals surface area (Å²) in [6, 6.07) is 4.10. The molecule has 3 rings (SSSR count). The minimum absolute atomic E-state index is 0.0139. The molecular formula is C20H25N3O3. The third-order valence-corrected chi connectivity index (χ3v) is 5.09. The highest BCUT2D eigenvalue weighted by atomic mass is 16.5. The number of carbonyl (C=O) groups is 2. The van der Waals surface area contributed by atoms with Crippen molar-refractivity contribution in [3.8, 4) is 0 Å². The number of amides is 1. The second kappa shape index (κ2) is 7.72. The number of hydrogen-bond acceptors (Lipinski definition) is 4. The summed E-state index contributed by atoms with van der Waals surface area (Å²) in [6.07, 6.45) is 5.50. The molecule has 1 saturated heterocycles. The predicted octanol–water partition coefficient (Wildman–Crippen LogP) is 3.22. The van der Waals surface area contributed by atoms with Crippen LogP contribution in [0.2, 0.25) is 0 Å². The fourth-order valence-electron chi connectivity index (χ4n) is 3.69. The molecule has 0 atom stereocenters. The van der Waals surface area contributed by atoms with E-state index >= 15 is 0 Å². The van der Waals surface area contributed by atoms with Crippen LogP contribution in [0.15, 0.2) is 24.5 Å². The van der Waals surface area contributed by atoms with Crippen LogP contribution >= 0.6 is 0 Å². The molecule has 0 unspecified atom stereocenters. The number of aromatic nitrogens is 2. The van der Waals surface area contributed by atoms with Gasteiger partial charge in [0.1, 0.15) is 5.69 Å². The van der Waals surface area contributed by atoms with E-state index in [1.807, 2.05) is 36.4 Å². The number of aromatic amines is 1. The first-order valence-corrected chi connectivity index (χ1v) is 9.08. The highest BCUT2D eigenvalue weighted by Crippen LogP contribution is 2.29. The van der Waals surface area contributed by atoms with Gasteiger partial charge in [0.2, 0.25) is 0 Å². The predicted molar refractivity (Wildman–Crippen MR) is 98.3 cm³/mol. The Morgan fingerprint density at radius 2 is 1.88 bits per heavy atom. The molecule has 1 aliphatic rings. The molecule has 0 saturated carbocycles. The van der Waals surface area contributed by atoms with E-state index in [4.69, 9.17) is 4.74 Å². The van der Waals surface area contributed by atoms with Gasteiger partial charge in [0, 0.05) is 31.2 Å².